The lowest BCUT2D eigenvalue weighted by atomic mass is 9.73. The second-order valence-corrected chi connectivity index (χ2v) is 4.67. The minimum absolute atomic E-state index is 0.154. The van der Waals surface area contributed by atoms with E-state index in [4.69, 9.17) is 5.11 Å². The van der Waals surface area contributed by atoms with Crippen molar-refractivity contribution < 1.29 is 5.11 Å². The predicted molar refractivity (Wildman–Crippen MR) is 51.9 cm³/mol. The van der Waals surface area contributed by atoms with Crippen LogP contribution in [0.3, 0.4) is 0 Å². The lowest BCUT2D eigenvalue weighted by molar-refractivity contribution is 0.204. The summed E-state index contributed by atoms with van der Waals surface area (Å²) in [6, 6.07) is 0. The van der Waals surface area contributed by atoms with Gasteiger partial charge in [-0.2, -0.15) is 0 Å². The maximum Gasteiger partial charge on any atom is 0.0642 e. The molecule has 0 aromatic carbocycles. The second kappa shape index (κ2) is 3.21. The molecule has 0 heterocycles. The summed E-state index contributed by atoms with van der Waals surface area (Å²) >= 11 is 0. The van der Waals surface area contributed by atoms with Crippen molar-refractivity contribution in [2.75, 3.05) is 6.61 Å². The lowest BCUT2D eigenvalue weighted by Crippen LogP contribution is -2.25. The summed E-state index contributed by atoms with van der Waals surface area (Å²) in [5, 5.41) is 9.01. The molecule has 2 atom stereocenters. The van der Waals surface area contributed by atoms with E-state index in [0.29, 0.717) is 11.3 Å². The summed E-state index contributed by atoms with van der Waals surface area (Å²) in [5.41, 5.74) is 1.35. The van der Waals surface area contributed by atoms with Gasteiger partial charge in [0.15, 0.2) is 0 Å². The van der Waals surface area contributed by atoms with Crippen molar-refractivity contribution in [3.05, 3.63) is 12.2 Å². The Labute approximate surface area is 75.5 Å². The van der Waals surface area contributed by atoms with Gasteiger partial charge in [-0.15, -0.1) is 0 Å². The highest BCUT2D eigenvalue weighted by Crippen LogP contribution is 2.49. The molecule has 0 radical (unpaired) electrons. The quantitative estimate of drug-likeness (QED) is 0.628. The average molecular weight is 168 g/mol. The fourth-order valence-corrected chi connectivity index (χ4v) is 2.34. The van der Waals surface area contributed by atoms with Crippen LogP contribution in [-0.2, 0) is 0 Å². The van der Waals surface area contributed by atoms with Gasteiger partial charge in [0.1, 0.15) is 0 Å². The van der Waals surface area contributed by atoms with E-state index in [0.717, 1.165) is 11.5 Å². The third-order valence-corrected chi connectivity index (χ3v) is 3.75. The van der Waals surface area contributed by atoms with Gasteiger partial charge < -0.3 is 5.11 Å². The van der Waals surface area contributed by atoms with Crippen molar-refractivity contribution in [1.29, 1.82) is 0 Å². The molecule has 1 rings (SSSR count). The van der Waals surface area contributed by atoms with E-state index in [-0.39, 0.29) is 6.61 Å². The van der Waals surface area contributed by atoms with Crippen LogP contribution in [0.4, 0.5) is 0 Å². The molecule has 0 aromatic rings. The minimum Gasteiger partial charge on any atom is -0.392 e. The van der Waals surface area contributed by atoms with Crippen molar-refractivity contribution >= 4 is 0 Å². The fourth-order valence-electron chi connectivity index (χ4n) is 2.34. The van der Waals surface area contributed by atoms with E-state index in [1.165, 1.54) is 12.8 Å². The molecular formula is C11H20O. The van der Waals surface area contributed by atoms with Gasteiger partial charge in [0.2, 0.25) is 0 Å². The maximum atomic E-state index is 9.01. The zero-order valence-corrected chi connectivity index (χ0v) is 8.43. The van der Waals surface area contributed by atoms with Crippen LogP contribution in [0.15, 0.2) is 12.2 Å². The van der Waals surface area contributed by atoms with Gasteiger partial charge in [-0.05, 0) is 35.7 Å². The minimum atomic E-state index is 0.154. The average Bonchev–Trinajstić information content (AvgIpc) is 2.27. The highest BCUT2D eigenvalue weighted by Gasteiger charge is 2.41. The van der Waals surface area contributed by atoms with Gasteiger partial charge in [-0.3, -0.25) is 0 Å². The number of aliphatic hydroxyl groups excluding tert-OH is 1. The fraction of sp³-hybridized carbons (Fsp3) is 0.818. The molecule has 0 saturated heterocycles. The topological polar surface area (TPSA) is 20.2 Å². The molecule has 12 heavy (non-hydrogen) atoms. The van der Waals surface area contributed by atoms with Gasteiger partial charge in [0.05, 0.1) is 6.61 Å². The van der Waals surface area contributed by atoms with E-state index < -0.39 is 0 Å². The summed E-state index contributed by atoms with van der Waals surface area (Å²) in [4.78, 5) is 0. The molecule has 1 aliphatic carbocycles. The van der Waals surface area contributed by atoms with Crippen molar-refractivity contribution in [3.8, 4) is 0 Å². The standard InChI is InChI=1S/C11H20O/c1-8(7-12)10-6-5-9(2)11(10,3)4/h9-10,12H,1,5-7H2,2-4H3. The third kappa shape index (κ3) is 1.42. The molecule has 70 valence electrons. The van der Waals surface area contributed by atoms with Crippen LogP contribution in [0.5, 0.6) is 0 Å². The molecule has 1 saturated carbocycles. The first-order valence-corrected chi connectivity index (χ1v) is 4.78. The number of hydrogen-bond donors (Lipinski definition) is 1. The number of hydrogen-bond acceptors (Lipinski definition) is 1. The summed E-state index contributed by atoms with van der Waals surface area (Å²) < 4.78 is 0. The van der Waals surface area contributed by atoms with Crippen LogP contribution < -0.4 is 0 Å². The Balaban J connectivity index is 2.74. The molecule has 1 N–H and O–H groups in total. The SMILES string of the molecule is C=C(CO)C1CCC(C)C1(C)C. The molecule has 1 heteroatoms. The van der Waals surface area contributed by atoms with Gasteiger partial charge in [-0.25, -0.2) is 0 Å². The molecule has 0 amide bonds. The predicted octanol–water partition coefficient (Wildman–Crippen LogP) is 2.61. The van der Waals surface area contributed by atoms with E-state index in [1.54, 1.807) is 0 Å². The normalized spacial score (nSPS) is 33.7. The highest BCUT2D eigenvalue weighted by molar-refractivity contribution is 5.09. The molecular weight excluding hydrogens is 148 g/mol. The first kappa shape index (κ1) is 9.79. The Morgan fingerprint density at radius 2 is 2.08 bits per heavy atom. The lowest BCUT2D eigenvalue weighted by Gasteiger charge is -2.32. The number of rotatable bonds is 2. The molecule has 1 nitrogen and oxygen atoms in total. The molecule has 0 aliphatic heterocycles. The van der Waals surface area contributed by atoms with Crippen LogP contribution in [0, 0.1) is 17.3 Å². The number of aliphatic hydroxyl groups is 1. The molecule has 1 fully saturated rings. The summed E-state index contributed by atoms with van der Waals surface area (Å²) in [5.74, 6) is 1.28. The van der Waals surface area contributed by atoms with Gasteiger partial charge in [-0.1, -0.05) is 27.4 Å². The van der Waals surface area contributed by atoms with E-state index in [1.807, 2.05) is 0 Å². The monoisotopic (exact) mass is 168 g/mol. The van der Waals surface area contributed by atoms with Crippen molar-refractivity contribution in [1.82, 2.24) is 0 Å². The molecule has 0 bridgehead atoms. The third-order valence-electron chi connectivity index (χ3n) is 3.75. The molecule has 0 aromatic heterocycles. The largest absolute Gasteiger partial charge is 0.392 e. The maximum absolute atomic E-state index is 9.01. The Hall–Kier alpha value is -0.300. The zero-order valence-electron chi connectivity index (χ0n) is 8.43. The smallest absolute Gasteiger partial charge is 0.0642 e. The Morgan fingerprint density at radius 3 is 2.42 bits per heavy atom. The molecule has 1 aliphatic rings. The van der Waals surface area contributed by atoms with Crippen molar-refractivity contribution in [2.45, 2.75) is 33.6 Å². The van der Waals surface area contributed by atoms with Gasteiger partial charge in [0, 0.05) is 0 Å². The van der Waals surface area contributed by atoms with Crippen molar-refractivity contribution in [3.63, 3.8) is 0 Å². The Bertz CT molecular complexity index is 181. The van der Waals surface area contributed by atoms with Crippen LogP contribution >= 0.6 is 0 Å². The van der Waals surface area contributed by atoms with Gasteiger partial charge >= 0.3 is 0 Å². The van der Waals surface area contributed by atoms with Crippen LogP contribution in [0.1, 0.15) is 33.6 Å². The Morgan fingerprint density at radius 1 is 1.50 bits per heavy atom. The van der Waals surface area contributed by atoms with E-state index >= 15 is 0 Å². The highest BCUT2D eigenvalue weighted by atomic mass is 16.3. The zero-order chi connectivity index (χ0) is 9.35. The Kier molecular flexibility index (Phi) is 2.62. The second-order valence-electron chi connectivity index (χ2n) is 4.67. The van der Waals surface area contributed by atoms with Crippen LogP contribution in [-0.4, -0.2) is 11.7 Å². The van der Waals surface area contributed by atoms with Crippen LogP contribution in [0.2, 0.25) is 0 Å². The van der Waals surface area contributed by atoms with Crippen LogP contribution in [0.25, 0.3) is 0 Å². The first-order chi connectivity index (χ1) is 5.50. The molecule has 0 spiro atoms. The van der Waals surface area contributed by atoms with E-state index in [9.17, 15) is 0 Å². The van der Waals surface area contributed by atoms with Gasteiger partial charge in [0.25, 0.3) is 0 Å². The summed E-state index contributed by atoms with van der Waals surface area (Å²) in [6.07, 6.45) is 2.48. The molecule has 2 unspecified atom stereocenters. The van der Waals surface area contributed by atoms with E-state index in [2.05, 4.69) is 27.4 Å². The summed E-state index contributed by atoms with van der Waals surface area (Å²) in [7, 11) is 0. The first-order valence-electron chi connectivity index (χ1n) is 4.78. The van der Waals surface area contributed by atoms with Crippen molar-refractivity contribution in [2.24, 2.45) is 17.3 Å². The summed E-state index contributed by atoms with van der Waals surface area (Å²) in [6.45, 7) is 11.0.